The molecule has 0 saturated heterocycles. The quantitative estimate of drug-likeness (QED) is 0.240. The summed E-state index contributed by atoms with van der Waals surface area (Å²) in [6.45, 7) is 0. The average molecular weight is 531 g/mol. The van der Waals surface area contributed by atoms with Crippen LogP contribution in [0.25, 0.3) is 20.5 Å². The predicted molar refractivity (Wildman–Crippen MR) is 134 cm³/mol. The molecule has 0 aliphatic carbocycles. The van der Waals surface area contributed by atoms with E-state index in [2.05, 4.69) is 15.9 Å². The number of ether oxygens (including phenoxy) is 6. The molecule has 1 heterocycles. The second-order valence-electron chi connectivity index (χ2n) is 6.91. The average Bonchev–Trinajstić information content (AvgIpc) is 3.22. The summed E-state index contributed by atoms with van der Waals surface area (Å²) in [6.07, 6.45) is 0. The van der Waals surface area contributed by atoms with E-state index in [0.717, 1.165) is 42.2 Å². The molecular weight excluding hydrogens is 508 g/mol. The molecule has 0 aliphatic heterocycles. The van der Waals surface area contributed by atoms with Crippen LogP contribution >= 0.6 is 27.3 Å². The normalized spacial score (nSPS) is 10.7. The van der Waals surface area contributed by atoms with Crippen LogP contribution in [0.4, 0.5) is 0 Å². The van der Waals surface area contributed by atoms with Crippen molar-refractivity contribution in [3.05, 3.63) is 53.0 Å². The lowest BCUT2D eigenvalue weighted by Crippen LogP contribution is -1.96. The maximum atomic E-state index is 6.49. The van der Waals surface area contributed by atoms with Crippen molar-refractivity contribution in [2.75, 3.05) is 35.5 Å². The van der Waals surface area contributed by atoms with Crippen LogP contribution in [0.5, 0.6) is 40.2 Å². The maximum absolute atomic E-state index is 6.49. The van der Waals surface area contributed by atoms with Crippen LogP contribution in [0.2, 0.25) is 0 Å². The van der Waals surface area contributed by atoms with Gasteiger partial charge in [0, 0.05) is 17.5 Å². The first-order valence-corrected chi connectivity index (χ1v) is 11.6. The Morgan fingerprint density at radius 1 is 0.636 bits per heavy atom. The third-order valence-corrected chi connectivity index (χ3v) is 7.45. The molecule has 0 radical (unpaired) electrons. The van der Waals surface area contributed by atoms with Crippen LogP contribution in [-0.4, -0.2) is 35.5 Å². The van der Waals surface area contributed by atoms with Gasteiger partial charge in [0.15, 0.2) is 17.2 Å². The predicted octanol–water partition coefficient (Wildman–Crippen LogP) is 7.17. The van der Waals surface area contributed by atoms with Gasteiger partial charge in [-0.15, -0.1) is 11.3 Å². The molecule has 1 aromatic heterocycles. The van der Waals surface area contributed by atoms with Gasteiger partial charge in [-0.1, -0.05) is 0 Å². The fraction of sp³-hybridized carbons (Fsp3) is 0.200. The molecule has 3 aromatic carbocycles. The Morgan fingerprint density at radius 3 is 1.82 bits per heavy atom. The van der Waals surface area contributed by atoms with E-state index in [0.29, 0.717) is 23.0 Å². The van der Waals surface area contributed by atoms with E-state index in [1.807, 2.05) is 36.4 Å². The minimum atomic E-state index is 0.505. The molecular formula is C25H23BrO6S. The third-order valence-electron chi connectivity index (χ3n) is 5.15. The van der Waals surface area contributed by atoms with Crippen LogP contribution in [-0.2, 0) is 0 Å². The largest absolute Gasteiger partial charge is 0.497 e. The highest BCUT2D eigenvalue weighted by atomic mass is 79.9. The smallest absolute Gasteiger partial charge is 0.203 e. The molecule has 0 unspecified atom stereocenters. The number of methoxy groups -OCH3 is 5. The van der Waals surface area contributed by atoms with Gasteiger partial charge in [0.25, 0.3) is 0 Å². The van der Waals surface area contributed by atoms with Crippen LogP contribution in [0.1, 0.15) is 0 Å². The molecule has 0 fully saturated rings. The van der Waals surface area contributed by atoms with Gasteiger partial charge in [-0.05, 0) is 57.9 Å². The standard InChI is InChI=1S/C25H23BrO6S/c1-27-15-8-6-14(7-9-15)24-22(17-10-11-18(28-2)21(26)25(17)33-24)32-16-12-19(29-3)23(31-5)20(13-16)30-4/h6-13H,1-5H3. The monoisotopic (exact) mass is 530 g/mol. The number of benzene rings is 3. The fourth-order valence-electron chi connectivity index (χ4n) is 3.51. The summed E-state index contributed by atoms with van der Waals surface area (Å²) < 4.78 is 35.6. The fourth-order valence-corrected chi connectivity index (χ4v) is 5.43. The van der Waals surface area contributed by atoms with Gasteiger partial charge in [0.2, 0.25) is 5.75 Å². The van der Waals surface area contributed by atoms with Gasteiger partial charge < -0.3 is 28.4 Å². The summed E-state index contributed by atoms with van der Waals surface area (Å²) in [6, 6.07) is 15.3. The molecule has 172 valence electrons. The highest BCUT2D eigenvalue weighted by Crippen LogP contribution is 2.51. The summed E-state index contributed by atoms with van der Waals surface area (Å²) in [5.41, 5.74) is 1.00. The van der Waals surface area contributed by atoms with Crippen molar-refractivity contribution in [1.29, 1.82) is 0 Å². The topological polar surface area (TPSA) is 55.4 Å². The molecule has 0 amide bonds. The van der Waals surface area contributed by atoms with Crippen molar-refractivity contribution >= 4 is 37.4 Å². The summed E-state index contributed by atoms with van der Waals surface area (Å²) in [7, 11) is 8.02. The molecule has 0 atom stereocenters. The zero-order valence-electron chi connectivity index (χ0n) is 18.9. The van der Waals surface area contributed by atoms with Crippen molar-refractivity contribution in [1.82, 2.24) is 0 Å². The summed E-state index contributed by atoms with van der Waals surface area (Å²) in [5, 5.41) is 0.951. The Labute approximate surface area is 204 Å². The van der Waals surface area contributed by atoms with Crippen LogP contribution in [0.15, 0.2) is 53.0 Å². The molecule has 4 rings (SSSR count). The van der Waals surface area contributed by atoms with Gasteiger partial charge >= 0.3 is 0 Å². The van der Waals surface area contributed by atoms with Gasteiger partial charge in [-0.2, -0.15) is 0 Å². The van der Waals surface area contributed by atoms with Crippen molar-refractivity contribution in [2.45, 2.75) is 0 Å². The summed E-state index contributed by atoms with van der Waals surface area (Å²) in [5.74, 6) is 4.36. The van der Waals surface area contributed by atoms with E-state index >= 15 is 0 Å². The zero-order chi connectivity index (χ0) is 23.5. The van der Waals surface area contributed by atoms with Gasteiger partial charge in [-0.25, -0.2) is 0 Å². The van der Waals surface area contributed by atoms with Crippen LogP contribution in [0, 0.1) is 0 Å². The Balaban J connectivity index is 1.91. The summed E-state index contributed by atoms with van der Waals surface area (Å²) >= 11 is 5.30. The molecule has 0 saturated carbocycles. The van der Waals surface area contributed by atoms with Crippen molar-refractivity contribution in [2.24, 2.45) is 0 Å². The second kappa shape index (κ2) is 9.80. The van der Waals surface area contributed by atoms with Crippen LogP contribution < -0.4 is 28.4 Å². The van der Waals surface area contributed by atoms with Gasteiger partial charge in [0.1, 0.15) is 17.2 Å². The Bertz CT molecular complexity index is 1260. The Kier molecular flexibility index (Phi) is 6.85. The van der Waals surface area contributed by atoms with E-state index in [1.165, 1.54) is 0 Å². The Morgan fingerprint density at radius 2 is 1.27 bits per heavy atom. The molecule has 0 spiro atoms. The lowest BCUT2D eigenvalue weighted by atomic mass is 10.1. The minimum absolute atomic E-state index is 0.505. The second-order valence-corrected chi connectivity index (χ2v) is 8.72. The minimum Gasteiger partial charge on any atom is -0.497 e. The molecule has 0 N–H and O–H groups in total. The SMILES string of the molecule is COc1ccc(-c2sc3c(Br)c(OC)ccc3c2Oc2cc(OC)c(OC)c(OC)c2)cc1. The third kappa shape index (κ3) is 4.28. The first kappa shape index (κ1) is 23.1. The number of hydrogen-bond acceptors (Lipinski definition) is 7. The lowest BCUT2D eigenvalue weighted by molar-refractivity contribution is 0.321. The number of halogens is 1. The number of fused-ring (bicyclic) bond motifs is 1. The number of rotatable bonds is 8. The van der Waals surface area contributed by atoms with E-state index < -0.39 is 0 Å². The molecule has 8 heteroatoms. The van der Waals surface area contributed by atoms with Crippen molar-refractivity contribution in [3.8, 4) is 50.7 Å². The van der Waals surface area contributed by atoms with E-state index in [4.69, 9.17) is 28.4 Å². The highest BCUT2D eigenvalue weighted by molar-refractivity contribution is 9.10. The first-order valence-electron chi connectivity index (χ1n) is 9.95. The molecule has 33 heavy (non-hydrogen) atoms. The van der Waals surface area contributed by atoms with Crippen LogP contribution in [0.3, 0.4) is 0 Å². The summed E-state index contributed by atoms with van der Waals surface area (Å²) in [4.78, 5) is 0.968. The molecule has 0 aliphatic rings. The number of thiophene rings is 1. The van der Waals surface area contributed by atoms with E-state index in [9.17, 15) is 0 Å². The number of hydrogen-bond donors (Lipinski definition) is 0. The molecule has 6 nitrogen and oxygen atoms in total. The lowest BCUT2D eigenvalue weighted by Gasteiger charge is -2.15. The highest BCUT2D eigenvalue weighted by Gasteiger charge is 2.22. The van der Waals surface area contributed by atoms with Gasteiger partial charge in [0.05, 0.1) is 49.6 Å². The molecule has 0 bridgehead atoms. The Hall–Kier alpha value is -3.10. The van der Waals surface area contributed by atoms with Gasteiger partial charge in [-0.3, -0.25) is 0 Å². The van der Waals surface area contributed by atoms with E-state index in [1.54, 1.807) is 59.0 Å². The maximum Gasteiger partial charge on any atom is 0.203 e. The first-order chi connectivity index (χ1) is 16.0. The van der Waals surface area contributed by atoms with E-state index in [-0.39, 0.29) is 0 Å². The molecule has 4 aromatic rings. The zero-order valence-corrected chi connectivity index (χ0v) is 21.3. The van der Waals surface area contributed by atoms with Crippen molar-refractivity contribution in [3.63, 3.8) is 0 Å². The van der Waals surface area contributed by atoms with Crippen molar-refractivity contribution < 1.29 is 28.4 Å².